The number of likely N-dealkylation sites (N-methyl/N-ethyl adjacent to an activating group) is 1. The molecule has 0 saturated carbocycles. The van der Waals surface area contributed by atoms with E-state index < -0.39 is 0 Å². The van der Waals surface area contributed by atoms with Crippen LogP contribution in [-0.4, -0.2) is 25.3 Å². The van der Waals surface area contributed by atoms with Crippen LogP contribution in [0.25, 0.3) is 0 Å². The van der Waals surface area contributed by atoms with Crippen molar-refractivity contribution in [1.29, 1.82) is 0 Å². The van der Waals surface area contributed by atoms with Crippen molar-refractivity contribution in [2.45, 2.75) is 46.3 Å². The average Bonchev–Trinajstić information content (AvgIpc) is 2.39. The van der Waals surface area contributed by atoms with E-state index in [1.165, 1.54) is 0 Å². The normalized spacial score (nSPS) is 14.6. The molecule has 0 spiro atoms. The molecule has 1 rings (SSSR count). The lowest BCUT2D eigenvalue weighted by molar-refractivity contribution is 0.00396. The first-order valence-corrected chi connectivity index (χ1v) is 8.04. The largest absolute Gasteiger partial charge is 0.377 e. The van der Waals surface area contributed by atoms with Crippen LogP contribution < -0.4 is 5.32 Å². The number of ether oxygens (including phenoxy) is 1. The van der Waals surface area contributed by atoms with E-state index in [-0.39, 0.29) is 12.1 Å². The minimum atomic E-state index is 0.162. The molecule has 2 unspecified atom stereocenters. The fraction of sp³-hybridized carbons (Fsp3) is 0.625. The van der Waals surface area contributed by atoms with Gasteiger partial charge in [-0.15, -0.1) is 0 Å². The third-order valence-corrected chi connectivity index (χ3v) is 3.93. The molecule has 0 aliphatic heterocycles. The van der Waals surface area contributed by atoms with E-state index in [0.717, 1.165) is 28.6 Å². The number of nitrogens with one attached hydrogen (secondary N) is 1. The second kappa shape index (κ2) is 8.89. The van der Waals surface area contributed by atoms with Gasteiger partial charge in [0.05, 0.1) is 6.10 Å². The van der Waals surface area contributed by atoms with E-state index in [1.54, 1.807) is 0 Å². The van der Waals surface area contributed by atoms with Gasteiger partial charge in [-0.25, -0.2) is 0 Å². The molecule has 2 nitrogen and oxygen atoms in total. The molecule has 0 heterocycles. The van der Waals surface area contributed by atoms with Crippen molar-refractivity contribution >= 4 is 23.2 Å². The van der Waals surface area contributed by atoms with E-state index in [0.29, 0.717) is 12.5 Å². The predicted octanol–water partition coefficient (Wildman–Crippen LogP) is 4.58. The Bertz CT molecular complexity index is 409. The molecule has 2 atom stereocenters. The SMILES string of the molecule is CCNC(Cc1cc(Cl)ccc1Cl)C(OCC)C(C)C. The molecule has 4 heteroatoms. The zero-order chi connectivity index (χ0) is 15.1. The maximum Gasteiger partial charge on any atom is 0.0753 e. The van der Waals surface area contributed by atoms with Crippen LogP contribution in [0.2, 0.25) is 10.0 Å². The van der Waals surface area contributed by atoms with E-state index in [4.69, 9.17) is 27.9 Å². The first-order chi connectivity index (χ1) is 9.49. The Labute approximate surface area is 132 Å². The Morgan fingerprint density at radius 3 is 2.45 bits per heavy atom. The second-order valence-electron chi connectivity index (χ2n) is 5.27. The second-order valence-corrected chi connectivity index (χ2v) is 6.11. The van der Waals surface area contributed by atoms with Crippen LogP contribution in [0.5, 0.6) is 0 Å². The van der Waals surface area contributed by atoms with E-state index in [2.05, 4.69) is 26.1 Å². The van der Waals surface area contributed by atoms with Crippen LogP contribution in [-0.2, 0) is 11.2 Å². The number of halogens is 2. The molecule has 1 aromatic carbocycles. The highest BCUT2D eigenvalue weighted by Gasteiger charge is 2.25. The molecular weight excluding hydrogens is 293 g/mol. The highest BCUT2D eigenvalue weighted by atomic mass is 35.5. The molecule has 0 aromatic heterocycles. The maximum atomic E-state index is 6.27. The Morgan fingerprint density at radius 1 is 1.20 bits per heavy atom. The van der Waals surface area contributed by atoms with Gasteiger partial charge in [0.1, 0.15) is 0 Å². The molecule has 1 N–H and O–H groups in total. The standard InChI is InChI=1S/C16H25Cl2NO/c1-5-19-15(16(11(3)4)20-6-2)10-12-9-13(17)7-8-14(12)18/h7-9,11,15-16,19H,5-6,10H2,1-4H3. The van der Waals surface area contributed by atoms with Gasteiger partial charge in [-0.1, -0.05) is 44.0 Å². The lowest BCUT2D eigenvalue weighted by Crippen LogP contribution is -2.45. The molecule has 20 heavy (non-hydrogen) atoms. The van der Waals surface area contributed by atoms with Gasteiger partial charge in [0.15, 0.2) is 0 Å². The summed E-state index contributed by atoms with van der Waals surface area (Å²) in [5.41, 5.74) is 1.07. The van der Waals surface area contributed by atoms with Gasteiger partial charge in [0, 0.05) is 22.7 Å². The monoisotopic (exact) mass is 317 g/mol. The lowest BCUT2D eigenvalue weighted by Gasteiger charge is -2.31. The zero-order valence-corrected chi connectivity index (χ0v) is 14.3. The van der Waals surface area contributed by atoms with E-state index in [9.17, 15) is 0 Å². The summed E-state index contributed by atoms with van der Waals surface area (Å²) in [5, 5.41) is 5.00. The first kappa shape index (κ1) is 17.8. The van der Waals surface area contributed by atoms with Gasteiger partial charge in [-0.05, 0) is 49.6 Å². The Morgan fingerprint density at radius 2 is 1.90 bits per heavy atom. The number of benzene rings is 1. The summed E-state index contributed by atoms with van der Waals surface area (Å²) in [4.78, 5) is 0. The fourth-order valence-corrected chi connectivity index (χ4v) is 2.86. The Balaban J connectivity index is 2.92. The maximum absolute atomic E-state index is 6.27. The van der Waals surface area contributed by atoms with E-state index in [1.807, 2.05) is 25.1 Å². The summed E-state index contributed by atoms with van der Waals surface area (Å²) in [6.07, 6.45) is 0.978. The average molecular weight is 318 g/mol. The van der Waals surface area contributed by atoms with Crippen LogP contribution >= 0.6 is 23.2 Å². The van der Waals surface area contributed by atoms with Crippen molar-refractivity contribution in [3.05, 3.63) is 33.8 Å². The molecule has 0 radical (unpaired) electrons. The lowest BCUT2D eigenvalue weighted by atomic mass is 9.93. The highest BCUT2D eigenvalue weighted by molar-refractivity contribution is 6.33. The molecule has 0 bridgehead atoms. The quantitative estimate of drug-likeness (QED) is 0.758. The van der Waals surface area contributed by atoms with E-state index >= 15 is 0 Å². The smallest absolute Gasteiger partial charge is 0.0753 e. The van der Waals surface area contributed by atoms with Gasteiger partial charge in [-0.3, -0.25) is 0 Å². The molecule has 1 aromatic rings. The summed E-state index contributed by atoms with van der Waals surface area (Å²) in [5.74, 6) is 0.442. The van der Waals surface area contributed by atoms with Crippen LogP contribution in [0.3, 0.4) is 0 Å². The fourth-order valence-electron chi connectivity index (χ4n) is 2.47. The third-order valence-electron chi connectivity index (χ3n) is 3.33. The van der Waals surface area contributed by atoms with Gasteiger partial charge in [-0.2, -0.15) is 0 Å². The summed E-state index contributed by atoms with van der Waals surface area (Å²) in [6, 6.07) is 5.85. The van der Waals surface area contributed by atoms with Crippen molar-refractivity contribution in [2.24, 2.45) is 5.92 Å². The van der Waals surface area contributed by atoms with Crippen molar-refractivity contribution in [1.82, 2.24) is 5.32 Å². The summed E-state index contributed by atoms with van der Waals surface area (Å²) < 4.78 is 5.92. The molecule has 0 amide bonds. The van der Waals surface area contributed by atoms with Crippen molar-refractivity contribution in [3.63, 3.8) is 0 Å². The zero-order valence-electron chi connectivity index (χ0n) is 12.7. The topological polar surface area (TPSA) is 21.3 Å². The molecule has 0 saturated heterocycles. The number of hydrogen-bond acceptors (Lipinski definition) is 2. The van der Waals surface area contributed by atoms with Gasteiger partial charge in [0.2, 0.25) is 0 Å². The van der Waals surface area contributed by atoms with Gasteiger partial charge >= 0.3 is 0 Å². The van der Waals surface area contributed by atoms with Crippen molar-refractivity contribution in [2.75, 3.05) is 13.2 Å². The molecule has 114 valence electrons. The van der Waals surface area contributed by atoms with Gasteiger partial charge < -0.3 is 10.1 Å². The van der Waals surface area contributed by atoms with Crippen LogP contribution in [0.1, 0.15) is 33.3 Å². The van der Waals surface area contributed by atoms with Crippen molar-refractivity contribution < 1.29 is 4.74 Å². The van der Waals surface area contributed by atoms with Crippen molar-refractivity contribution in [3.8, 4) is 0 Å². The predicted molar refractivity (Wildman–Crippen MR) is 87.9 cm³/mol. The Kier molecular flexibility index (Phi) is 7.90. The molecule has 0 aliphatic rings. The number of rotatable bonds is 8. The summed E-state index contributed by atoms with van der Waals surface area (Å²) >= 11 is 12.3. The first-order valence-electron chi connectivity index (χ1n) is 7.28. The van der Waals surface area contributed by atoms with Gasteiger partial charge in [0.25, 0.3) is 0 Å². The summed E-state index contributed by atoms with van der Waals surface area (Å²) in [7, 11) is 0. The Hall–Kier alpha value is -0.280. The summed E-state index contributed by atoms with van der Waals surface area (Å²) in [6.45, 7) is 10.1. The van der Waals surface area contributed by atoms with Crippen LogP contribution in [0.15, 0.2) is 18.2 Å². The molecule has 0 aliphatic carbocycles. The highest BCUT2D eigenvalue weighted by Crippen LogP contribution is 2.24. The van der Waals surface area contributed by atoms with Crippen LogP contribution in [0.4, 0.5) is 0 Å². The molecular formula is C16H25Cl2NO. The number of hydrogen-bond donors (Lipinski definition) is 1. The minimum Gasteiger partial charge on any atom is -0.377 e. The third kappa shape index (κ3) is 5.25. The molecule has 0 fully saturated rings. The minimum absolute atomic E-state index is 0.162. The van der Waals surface area contributed by atoms with Crippen LogP contribution in [0, 0.1) is 5.92 Å².